The van der Waals surface area contributed by atoms with E-state index in [9.17, 15) is 8.42 Å². The van der Waals surface area contributed by atoms with Crippen LogP contribution in [-0.2, 0) is 14.8 Å². The summed E-state index contributed by atoms with van der Waals surface area (Å²) in [7, 11) is -3.29. The van der Waals surface area contributed by atoms with Gasteiger partial charge in [0.2, 0.25) is 10.0 Å². The Bertz CT molecular complexity index is 926. The molecule has 33 heavy (non-hydrogen) atoms. The molecule has 182 valence electrons. The fraction of sp³-hybridized carbons (Fsp3) is 0.680. The summed E-state index contributed by atoms with van der Waals surface area (Å²) >= 11 is 0. The van der Waals surface area contributed by atoms with Gasteiger partial charge in [-0.05, 0) is 50.0 Å². The molecule has 1 aliphatic carbocycles. The van der Waals surface area contributed by atoms with Gasteiger partial charge in [0.05, 0.1) is 31.1 Å². The summed E-state index contributed by atoms with van der Waals surface area (Å²) < 4.78 is 33.3. The molecular formula is C25H38N4O3S. The smallest absolute Gasteiger partial charge is 0.209 e. The van der Waals surface area contributed by atoms with Gasteiger partial charge < -0.3 is 9.64 Å². The van der Waals surface area contributed by atoms with Gasteiger partial charge in [-0.2, -0.15) is 0 Å². The number of nitrogens with one attached hydrogen (secondary N) is 1. The lowest BCUT2D eigenvalue weighted by molar-refractivity contribution is 0.00228. The molecule has 0 radical (unpaired) electrons. The maximum absolute atomic E-state index is 12.0. The monoisotopic (exact) mass is 474 g/mol. The molecule has 0 amide bonds. The molecule has 1 unspecified atom stereocenters. The minimum absolute atomic E-state index is 0.0425. The quantitative estimate of drug-likeness (QED) is 0.622. The molecule has 2 fully saturated rings. The van der Waals surface area contributed by atoms with Crippen LogP contribution in [0.25, 0.3) is 0 Å². The van der Waals surface area contributed by atoms with Crippen molar-refractivity contribution in [2.45, 2.75) is 88.4 Å². The van der Waals surface area contributed by atoms with Gasteiger partial charge in [-0.1, -0.05) is 43.7 Å². The number of likely N-dealkylation sites (tertiary alicyclic amines) is 1. The van der Waals surface area contributed by atoms with Crippen LogP contribution in [0.5, 0.6) is 0 Å². The zero-order chi connectivity index (χ0) is 23.3. The Morgan fingerprint density at radius 2 is 1.88 bits per heavy atom. The van der Waals surface area contributed by atoms with Gasteiger partial charge in [-0.3, -0.25) is 4.99 Å². The van der Waals surface area contributed by atoms with Crippen LogP contribution in [0, 0.1) is 0 Å². The molecule has 0 aromatic heterocycles. The van der Waals surface area contributed by atoms with Crippen LogP contribution >= 0.6 is 0 Å². The fourth-order valence-corrected chi connectivity index (χ4v) is 6.35. The second-order valence-electron chi connectivity index (χ2n) is 9.72. The first-order valence-corrected chi connectivity index (χ1v) is 14.3. The molecule has 2 heterocycles. The highest BCUT2D eigenvalue weighted by Gasteiger charge is 2.39. The van der Waals surface area contributed by atoms with Crippen molar-refractivity contribution in [1.29, 1.82) is 0 Å². The summed E-state index contributed by atoms with van der Waals surface area (Å²) in [6, 6.07) is 10.8. The highest BCUT2D eigenvalue weighted by atomic mass is 32.2. The second-order valence-corrected chi connectivity index (χ2v) is 11.5. The van der Waals surface area contributed by atoms with Crippen molar-refractivity contribution in [3.8, 4) is 0 Å². The Morgan fingerprint density at radius 3 is 2.58 bits per heavy atom. The minimum Gasteiger partial charge on any atom is -0.376 e. The Balaban J connectivity index is 1.38. The molecule has 1 N–H and O–H groups in total. The summed E-state index contributed by atoms with van der Waals surface area (Å²) in [5.74, 6) is 1.63. The van der Waals surface area contributed by atoms with E-state index < -0.39 is 10.0 Å². The number of amidine groups is 1. The predicted molar refractivity (Wildman–Crippen MR) is 134 cm³/mol. The average Bonchev–Trinajstić information content (AvgIpc) is 3.20. The first-order valence-electron chi connectivity index (χ1n) is 12.4. The van der Waals surface area contributed by atoms with Gasteiger partial charge in [0.1, 0.15) is 12.2 Å². The van der Waals surface area contributed by atoms with E-state index in [-0.39, 0.29) is 24.2 Å². The lowest BCUT2D eigenvalue weighted by Crippen LogP contribution is -2.50. The van der Waals surface area contributed by atoms with Crippen molar-refractivity contribution in [2.75, 3.05) is 19.4 Å². The number of nitrogens with zero attached hydrogens (tertiary/aromatic N) is 3. The normalized spacial score (nSPS) is 30.4. The second kappa shape index (κ2) is 11.1. The highest BCUT2D eigenvalue weighted by molar-refractivity contribution is 7.88. The molecule has 3 aliphatic rings. The lowest BCUT2D eigenvalue weighted by Gasteiger charge is -2.35. The van der Waals surface area contributed by atoms with E-state index >= 15 is 0 Å². The molecule has 4 rings (SSSR count). The van der Waals surface area contributed by atoms with Crippen molar-refractivity contribution in [2.24, 2.45) is 9.98 Å². The number of sulfonamides is 1. The molecule has 2 aliphatic heterocycles. The van der Waals surface area contributed by atoms with Crippen molar-refractivity contribution >= 4 is 22.2 Å². The number of benzene rings is 1. The van der Waals surface area contributed by atoms with Gasteiger partial charge in [0, 0.05) is 19.0 Å². The number of aliphatic imine (C=N–C) groups is 2. The Morgan fingerprint density at radius 1 is 1.12 bits per heavy atom. The Labute approximate surface area is 198 Å². The molecule has 1 saturated carbocycles. The van der Waals surface area contributed by atoms with Crippen molar-refractivity contribution in [3.63, 3.8) is 0 Å². The highest BCUT2D eigenvalue weighted by Crippen LogP contribution is 2.34. The SMILES string of the molecule is CCCC1CC(N2CC[C@H](NS(C)(=O)=O)[C@@H]2COC2CCC(c3ccccc3)CC2)=NC=N1. The molecule has 0 spiro atoms. The molecule has 7 nitrogen and oxygen atoms in total. The number of hydrogen-bond donors (Lipinski definition) is 1. The minimum atomic E-state index is -3.29. The largest absolute Gasteiger partial charge is 0.376 e. The molecule has 0 bridgehead atoms. The standard InChI is InChI=1S/C25H38N4O3S/c1-3-7-21-16-25(27-18-26-21)29-15-14-23(28-33(2,30)31)24(29)17-32-22-12-10-20(11-13-22)19-8-5-4-6-9-19/h4-6,8-9,18,20-24,28H,3,7,10-17H2,1-2H3/t20?,21?,22?,23-,24-/m0/s1. The van der Waals surface area contributed by atoms with Crippen LogP contribution in [0.3, 0.4) is 0 Å². The van der Waals surface area contributed by atoms with Gasteiger partial charge in [-0.25, -0.2) is 18.1 Å². The number of hydrogen-bond acceptors (Lipinski definition) is 6. The Kier molecular flexibility index (Phi) is 8.20. The van der Waals surface area contributed by atoms with Gasteiger partial charge in [0.25, 0.3) is 0 Å². The average molecular weight is 475 g/mol. The lowest BCUT2D eigenvalue weighted by atomic mass is 9.83. The molecule has 1 aromatic carbocycles. The van der Waals surface area contributed by atoms with Crippen LogP contribution in [0.4, 0.5) is 0 Å². The van der Waals surface area contributed by atoms with Crippen LogP contribution < -0.4 is 4.72 Å². The van der Waals surface area contributed by atoms with Crippen LogP contribution in [-0.4, -0.2) is 69.1 Å². The fourth-order valence-electron chi connectivity index (χ4n) is 5.53. The third-order valence-electron chi connectivity index (χ3n) is 7.21. The summed E-state index contributed by atoms with van der Waals surface area (Å²) in [6.45, 7) is 3.47. The molecule has 1 saturated heterocycles. The van der Waals surface area contributed by atoms with E-state index in [1.807, 2.05) is 0 Å². The third kappa shape index (κ3) is 6.64. The topological polar surface area (TPSA) is 83.4 Å². The van der Waals surface area contributed by atoms with E-state index in [0.717, 1.165) is 63.7 Å². The zero-order valence-corrected chi connectivity index (χ0v) is 20.7. The van der Waals surface area contributed by atoms with Crippen molar-refractivity contribution < 1.29 is 13.2 Å². The Hall–Kier alpha value is -1.77. The zero-order valence-electron chi connectivity index (χ0n) is 19.9. The first-order chi connectivity index (χ1) is 15.9. The van der Waals surface area contributed by atoms with Crippen molar-refractivity contribution in [3.05, 3.63) is 35.9 Å². The van der Waals surface area contributed by atoms with Crippen LogP contribution in [0.2, 0.25) is 0 Å². The van der Waals surface area contributed by atoms with Gasteiger partial charge >= 0.3 is 0 Å². The summed E-state index contributed by atoms with van der Waals surface area (Å²) in [4.78, 5) is 11.4. The van der Waals surface area contributed by atoms with E-state index in [1.165, 1.54) is 11.8 Å². The predicted octanol–water partition coefficient (Wildman–Crippen LogP) is 3.72. The van der Waals surface area contributed by atoms with E-state index in [2.05, 4.69) is 56.9 Å². The molecule has 8 heteroatoms. The van der Waals surface area contributed by atoms with Crippen LogP contribution in [0.1, 0.15) is 69.8 Å². The summed E-state index contributed by atoms with van der Waals surface area (Å²) in [5, 5.41) is 0. The molecular weight excluding hydrogens is 436 g/mol. The van der Waals surface area contributed by atoms with Gasteiger partial charge in [0.15, 0.2) is 0 Å². The molecule has 1 aromatic rings. The summed E-state index contributed by atoms with van der Waals surface area (Å²) in [6.07, 6.45) is 11.2. The first kappa shape index (κ1) is 24.4. The maximum atomic E-state index is 12.0. The van der Waals surface area contributed by atoms with Crippen molar-refractivity contribution in [1.82, 2.24) is 9.62 Å². The van der Waals surface area contributed by atoms with Crippen LogP contribution in [0.15, 0.2) is 40.3 Å². The maximum Gasteiger partial charge on any atom is 0.209 e. The summed E-state index contributed by atoms with van der Waals surface area (Å²) in [5.41, 5.74) is 1.42. The van der Waals surface area contributed by atoms with Gasteiger partial charge in [-0.15, -0.1) is 0 Å². The number of rotatable bonds is 8. The van der Waals surface area contributed by atoms with E-state index in [1.54, 1.807) is 6.34 Å². The van der Waals surface area contributed by atoms with E-state index in [0.29, 0.717) is 12.5 Å². The molecule has 3 atom stereocenters. The third-order valence-corrected chi connectivity index (χ3v) is 7.95. The number of ether oxygens (including phenoxy) is 1. The van der Waals surface area contributed by atoms with E-state index in [4.69, 9.17) is 4.74 Å².